The minimum Gasteiger partial charge on any atom is -0.353 e. The number of nitrogens with zero attached hydrogens (tertiary/aromatic N) is 3. The van der Waals surface area contributed by atoms with Gasteiger partial charge < -0.3 is 10.2 Å². The first-order valence-corrected chi connectivity index (χ1v) is 8.47. The third-order valence-corrected chi connectivity index (χ3v) is 4.97. The second-order valence-electron chi connectivity index (χ2n) is 7.27. The van der Waals surface area contributed by atoms with Crippen LogP contribution in [-0.4, -0.2) is 27.5 Å². The molecule has 118 valence electrons. The highest BCUT2D eigenvalue weighted by molar-refractivity contribution is 7.15. The molecule has 0 aliphatic rings. The Kier molecular flexibility index (Phi) is 4.36. The molecule has 0 aliphatic heterocycles. The van der Waals surface area contributed by atoms with Gasteiger partial charge in [0.15, 0.2) is 10.8 Å². The second kappa shape index (κ2) is 5.61. The van der Waals surface area contributed by atoms with Crippen molar-refractivity contribution >= 4 is 22.1 Å². The summed E-state index contributed by atoms with van der Waals surface area (Å²) in [5, 5.41) is 5.68. The summed E-state index contributed by atoms with van der Waals surface area (Å²) in [6, 6.07) is 0. The summed E-state index contributed by atoms with van der Waals surface area (Å²) >= 11 is 1.69. The number of anilines is 1. The van der Waals surface area contributed by atoms with E-state index in [-0.39, 0.29) is 11.1 Å². The number of thiazole rings is 1. The van der Waals surface area contributed by atoms with Crippen molar-refractivity contribution in [3.8, 4) is 0 Å². The van der Waals surface area contributed by atoms with Gasteiger partial charge in [-0.05, 0) is 41.0 Å². The average Bonchev–Trinajstić information content (AvgIpc) is 2.94. The van der Waals surface area contributed by atoms with E-state index in [9.17, 15) is 0 Å². The van der Waals surface area contributed by atoms with Crippen LogP contribution in [0.15, 0.2) is 11.6 Å². The molecule has 2 aromatic heterocycles. The van der Waals surface area contributed by atoms with Crippen LogP contribution >= 0.6 is 11.3 Å². The average molecular weight is 308 g/mol. The Morgan fingerprint density at radius 3 is 2.52 bits per heavy atom. The third kappa shape index (κ3) is 3.40. The molecule has 0 saturated carbocycles. The number of fused-ring (bicyclic) bond motifs is 1. The molecule has 0 amide bonds. The Balaban J connectivity index is 2.41. The van der Waals surface area contributed by atoms with E-state index in [0.29, 0.717) is 0 Å². The van der Waals surface area contributed by atoms with Gasteiger partial charge >= 0.3 is 0 Å². The van der Waals surface area contributed by atoms with Crippen LogP contribution in [-0.2, 0) is 6.54 Å². The molecule has 0 bridgehead atoms. The predicted octanol–water partition coefficient (Wildman–Crippen LogP) is 3.91. The summed E-state index contributed by atoms with van der Waals surface area (Å²) in [7, 11) is 2.15. The van der Waals surface area contributed by atoms with E-state index in [1.807, 2.05) is 0 Å². The minimum absolute atomic E-state index is 0.0935. The van der Waals surface area contributed by atoms with E-state index in [0.717, 1.165) is 23.7 Å². The first kappa shape index (κ1) is 16.3. The van der Waals surface area contributed by atoms with E-state index in [1.165, 1.54) is 5.69 Å². The van der Waals surface area contributed by atoms with Crippen LogP contribution in [0.1, 0.15) is 53.7 Å². The van der Waals surface area contributed by atoms with Crippen molar-refractivity contribution in [2.75, 3.05) is 11.9 Å². The number of imidazole rings is 1. The van der Waals surface area contributed by atoms with Gasteiger partial charge in [0.1, 0.15) is 0 Å². The first-order chi connectivity index (χ1) is 9.65. The highest BCUT2D eigenvalue weighted by Crippen LogP contribution is 2.30. The van der Waals surface area contributed by atoms with Crippen molar-refractivity contribution < 1.29 is 0 Å². The van der Waals surface area contributed by atoms with Crippen LogP contribution in [0, 0.1) is 0 Å². The molecule has 21 heavy (non-hydrogen) atoms. The van der Waals surface area contributed by atoms with Crippen LogP contribution in [0.25, 0.3) is 4.96 Å². The summed E-state index contributed by atoms with van der Waals surface area (Å²) in [5.74, 6) is 1.09. The second-order valence-corrected chi connectivity index (χ2v) is 8.14. The molecule has 0 aliphatic carbocycles. The normalized spacial score (nSPS) is 13.1. The van der Waals surface area contributed by atoms with Crippen molar-refractivity contribution in [3.63, 3.8) is 0 Å². The molecule has 0 radical (unpaired) electrons. The summed E-state index contributed by atoms with van der Waals surface area (Å²) in [5.41, 5.74) is 1.43. The Morgan fingerprint density at radius 1 is 1.29 bits per heavy atom. The van der Waals surface area contributed by atoms with Crippen LogP contribution < -0.4 is 10.2 Å². The zero-order valence-corrected chi connectivity index (χ0v) is 15.1. The fraction of sp³-hybridized carbons (Fsp3) is 0.688. The highest BCUT2D eigenvalue weighted by atomic mass is 32.1. The number of nitrogens with one attached hydrogen (secondary N) is 1. The molecule has 0 spiro atoms. The summed E-state index contributed by atoms with van der Waals surface area (Å²) in [4.78, 5) is 8.23. The lowest BCUT2D eigenvalue weighted by atomic mass is 10.00. The smallest absolute Gasteiger partial charge is 0.195 e. The van der Waals surface area contributed by atoms with Crippen LogP contribution in [0.5, 0.6) is 0 Å². The molecule has 4 nitrogen and oxygen atoms in total. The van der Waals surface area contributed by atoms with Gasteiger partial charge in [-0.25, -0.2) is 4.98 Å². The number of rotatable bonds is 5. The third-order valence-electron chi connectivity index (χ3n) is 4.22. The van der Waals surface area contributed by atoms with Gasteiger partial charge in [0, 0.05) is 36.2 Å². The highest BCUT2D eigenvalue weighted by Gasteiger charge is 2.27. The Labute approximate surface area is 132 Å². The molecular formula is C16H28N4S. The zero-order chi connectivity index (χ0) is 15.8. The number of hydrogen-bond acceptors (Lipinski definition) is 4. The molecule has 0 atom stereocenters. The van der Waals surface area contributed by atoms with Gasteiger partial charge in [-0.3, -0.25) is 4.40 Å². The molecule has 1 N–H and O–H groups in total. The lowest BCUT2D eigenvalue weighted by Crippen LogP contribution is -2.42. The molecular weight excluding hydrogens is 280 g/mol. The van der Waals surface area contributed by atoms with E-state index in [4.69, 9.17) is 4.98 Å². The molecule has 0 aromatic carbocycles. The van der Waals surface area contributed by atoms with Gasteiger partial charge in [-0.2, -0.15) is 0 Å². The van der Waals surface area contributed by atoms with Gasteiger partial charge in [0.2, 0.25) is 0 Å². The maximum absolute atomic E-state index is 4.85. The molecule has 2 rings (SSSR count). The quantitative estimate of drug-likeness (QED) is 0.909. The topological polar surface area (TPSA) is 32.6 Å². The van der Waals surface area contributed by atoms with Crippen LogP contribution in [0.3, 0.4) is 0 Å². The van der Waals surface area contributed by atoms with Crippen molar-refractivity contribution in [2.45, 2.75) is 65.6 Å². The van der Waals surface area contributed by atoms with Gasteiger partial charge in [-0.1, -0.05) is 6.92 Å². The summed E-state index contributed by atoms with van der Waals surface area (Å²) in [6.07, 6.45) is 3.20. The fourth-order valence-electron chi connectivity index (χ4n) is 2.13. The van der Waals surface area contributed by atoms with Crippen molar-refractivity contribution in [3.05, 3.63) is 17.3 Å². The van der Waals surface area contributed by atoms with E-state index < -0.39 is 0 Å². The predicted molar refractivity (Wildman–Crippen MR) is 92.4 cm³/mol. The Bertz CT molecular complexity index is 603. The lowest BCUT2D eigenvalue weighted by Gasteiger charge is -2.36. The number of aromatic nitrogens is 2. The Hall–Kier alpha value is -1.07. The van der Waals surface area contributed by atoms with E-state index in [1.54, 1.807) is 11.3 Å². The van der Waals surface area contributed by atoms with E-state index in [2.05, 4.69) is 74.8 Å². The molecule has 0 unspecified atom stereocenters. The largest absolute Gasteiger partial charge is 0.353 e. The molecule has 0 fully saturated rings. The van der Waals surface area contributed by atoms with Gasteiger partial charge in [0.25, 0.3) is 0 Å². The monoisotopic (exact) mass is 308 g/mol. The molecule has 0 saturated heterocycles. The van der Waals surface area contributed by atoms with Crippen LogP contribution in [0.2, 0.25) is 0 Å². The fourth-order valence-corrected chi connectivity index (χ4v) is 2.85. The summed E-state index contributed by atoms with van der Waals surface area (Å²) < 4.78 is 2.21. The molecule has 2 heterocycles. The van der Waals surface area contributed by atoms with Gasteiger partial charge in [-0.15, -0.1) is 11.3 Å². The van der Waals surface area contributed by atoms with Crippen molar-refractivity contribution in [1.82, 2.24) is 14.7 Å². The maximum atomic E-state index is 4.85. The maximum Gasteiger partial charge on any atom is 0.195 e. The zero-order valence-electron chi connectivity index (χ0n) is 14.3. The van der Waals surface area contributed by atoms with E-state index >= 15 is 0 Å². The van der Waals surface area contributed by atoms with Gasteiger partial charge in [0.05, 0.1) is 5.69 Å². The Morgan fingerprint density at radius 2 is 1.95 bits per heavy atom. The molecule has 2 aromatic rings. The summed E-state index contributed by atoms with van der Waals surface area (Å²) in [6.45, 7) is 14.2. The lowest BCUT2D eigenvalue weighted by molar-refractivity contribution is 0.418. The first-order valence-electron chi connectivity index (χ1n) is 7.59. The van der Waals surface area contributed by atoms with Crippen LogP contribution in [0.4, 0.5) is 5.82 Å². The van der Waals surface area contributed by atoms with Crippen molar-refractivity contribution in [2.24, 2.45) is 0 Å². The number of hydrogen-bond donors (Lipinski definition) is 1. The molecule has 5 heteroatoms. The minimum atomic E-state index is 0.0935. The van der Waals surface area contributed by atoms with Crippen molar-refractivity contribution in [1.29, 1.82) is 0 Å². The standard InChI is InChI=1S/C16H28N4S/c1-8-16(5,6)19(7)13-12(11-17-15(2,3)4)20-9-10-21-14(20)18-13/h9-10,17H,8,11H2,1-7H3. The SMILES string of the molecule is CCC(C)(C)N(C)c1nc2sccn2c1CNC(C)(C)C.